The van der Waals surface area contributed by atoms with Crippen molar-refractivity contribution in [3.8, 4) is 73.6 Å². The third-order valence-electron chi connectivity index (χ3n) is 13.2. The van der Waals surface area contributed by atoms with Crippen molar-refractivity contribution >= 4 is 0 Å². The molecular weight excluding hydrogens is 657 g/mol. The molecule has 0 unspecified atom stereocenters. The van der Waals surface area contributed by atoms with Crippen molar-refractivity contribution < 1.29 is 0 Å². The molecular formula is C50H38N4. The maximum atomic E-state index is 9.75. The predicted molar refractivity (Wildman–Crippen MR) is 215 cm³/mol. The van der Waals surface area contributed by atoms with E-state index in [1.165, 1.54) is 65.5 Å². The molecule has 5 aliphatic rings. The molecule has 4 saturated carbocycles. The summed E-state index contributed by atoms with van der Waals surface area (Å²) in [7, 11) is 0. The van der Waals surface area contributed by atoms with Crippen molar-refractivity contribution in [1.29, 1.82) is 5.26 Å². The van der Waals surface area contributed by atoms with E-state index in [-0.39, 0.29) is 5.41 Å². The number of benzene rings is 6. The molecule has 0 amide bonds. The van der Waals surface area contributed by atoms with Gasteiger partial charge >= 0.3 is 0 Å². The van der Waals surface area contributed by atoms with Crippen LogP contribution in [0.4, 0.5) is 0 Å². The largest absolute Gasteiger partial charge is 0.208 e. The average Bonchev–Trinajstić information content (AvgIpc) is 3.53. The van der Waals surface area contributed by atoms with Crippen LogP contribution < -0.4 is 0 Å². The van der Waals surface area contributed by atoms with Gasteiger partial charge in [0.2, 0.25) is 0 Å². The van der Waals surface area contributed by atoms with Gasteiger partial charge in [-0.05, 0) is 112 Å². The van der Waals surface area contributed by atoms with Gasteiger partial charge in [-0.1, -0.05) is 133 Å². The Labute approximate surface area is 316 Å². The lowest BCUT2D eigenvalue weighted by Crippen LogP contribution is -2.55. The molecule has 0 N–H and O–H groups in total. The van der Waals surface area contributed by atoms with Crippen LogP contribution in [0.2, 0.25) is 0 Å². The zero-order valence-corrected chi connectivity index (χ0v) is 30.0. The van der Waals surface area contributed by atoms with E-state index >= 15 is 0 Å². The van der Waals surface area contributed by atoms with Crippen LogP contribution in [0.3, 0.4) is 0 Å². The van der Waals surface area contributed by atoms with Crippen LogP contribution >= 0.6 is 0 Å². The summed E-state index contributed by atoms with van der Waals surface area (Å²) in [6, 6.07) is 53.8. The predicted octanol–water partition coefficient (Wildman–Crippen LogP) is 11.8. The van der Waals surface area contributed by atoms with Crippen LogP contribution in [0.25, 0.3) is 67.5 Å². The third kappa shape index (κ3) is 4.71. The van der Waals surface area contributed by atoms with Crippen LogP contribution in [-0.2, 0) is 5.41 Å². The molecule has 54 heavy (non-hydrogen) atoms. The van der Waals surface area contributed by atoms with Crippen LogP contribution in [0, 0.1) is 35.0 Å². The van der Waals surface area contributed by atoms with Crippen LogP contribution in [-0.4, -0.2) is 15.0 Å². The third-order valence-corrected chi connectivity index (χ3v) is 13.2. The lowest BCUT2D eigenvalue weighted by Gasteiger charge is -2.61. The Kier molecular flexibility index (Phi) is 7.07. The molecule has 6 aromatic carbocycles. The van der Waals surface area contributed by atoms with Crippen molar-refractivity contribution in [2.45, 2.75) is 37.5 Å². The first kappa shape index (κ1) is 31.4. The van der Waals surface area contributed by atoms with Crippen molar-refractivity contribution in [3.05, 3.63) is 162 Å². The van der Waals surface area contributed by atoms with Gasteiger partial charge in [-0.15, -0.1) is 0 Å². The molecule has 4 bridgehead atoms. The number of rotatable bonds is 5. The van der Waals surface area contributed by atoms with Crippen LogP contribution in [0.5, 0.6) is 0 Å². The zero-order valence-electron chi connectivity index (χ0n) is 30.0. The van der Waals surface area contributed by atoms with E-state index in [0.717, 1.165) is 45.5 Å². The van der Waals surface area contributed by atoms with Gasteiger partial charge in [0, 0.05) is 22.1 Å². The number of hydrogen-bond acceptors (Lipinski definition) is 4. The van der Waals surface area contributed by atoms with Gasteiger partial charge in [0.05, 0.1) is 11.6 Å². The molecule has 1 spiro atoms. The Hall–Kier alpha value is -6.18. The summed E-state index contributed by atoms with van der Waals surface area (Å²) in [6.45, 7) is 0. The fourth-order valence-corrected chi connectivity index (χ4v) is 11.2. The van der Waals surface area contributed by atoms with Gasteiger partial charge in [-0.2, -0.15) is 5.26 Å². The second-order valence-electron chi connectivity index (χ2n) is 15.9. The minimum Gasteiger partial charge on any atom is -0.208 e. The van der Waals surface area contributed by atoms with Crippen LogP contribution in [0.15, 0.2) is 146 Å². The van der Waals surface area contributed by atoms with Crippen molar-refractivity contribution in [2.24, 2.45) is 23.7 Å². The number of aromatic nitrogens is 3. The second kappa shape index (κ2) is 12.2. The Morgan fingerprint density at radius 1 is 0.444 bits per heavy atom. The molecule has 7 aromatic rings. The zero-order chi connectivity index (χ0) is 35.8. The highest BCUT2D eigenvalue weighted by Gasteiger charge is 2.62. The summed E-state index contributed by atoms with van der Waals surface area (Å²) in [4.78, 5) is 15.7. The van der Waals surface area contributed by atoms with Crippen molar-refractivity contribution in [1.82, 2.24) is 15.0 Å². The molecule has 0 atom stereocenters. The number of nitriles is 1. The Morgan fingerprint density at radius 3 is 1.63 bits per heavy atom. The molecule has 0 saturated heterocycles. The molecule has 1 aromatic heterocycles. The monoisotopic (exact) mass is 694 g/mol. The van der Waals surface area contributed by atoms with E-state index in [9.17, 15) is 5.26 Å². The van der Waals surface area contributed by atoms with Crippen molar-refractivity contribution in [2.75, 3.05) is 0 Å². The van der Waals surface area contributed by atoms with E-state index in [4.69, 9.17) is 15.0 Å². The highest BCUT2D eigenvalue weighted by atomic mass is 15.0. The minimum atomic E-state index is -0.0944. The Balaban J connectivity index is 1.10. The maximum Gasteiger partial charge on any atom is 0.164 e. The van der Waals surface area contributed by atoms with Gasteiger partial charge < -0.3 is 0 Å². The molecule has 1 heterocycles. The number of fused-ring (bicyclic) bond motifs is 3. The number of hydrogen-bond donors (Lipinski definition) is 0. The SMILES string of the molecule is N#Cc1ccccc1-c1ccc(-c2ccc3c(c2)C2(c4c(-c5nc(-c6ccccc6)nc(-c6ccccc6)n5)cccc4-3)C3CC4CC(C3)CC2C4)cc1. The fraction of sp³-hybridized carbons (Fsp3) is 0.200. The smallest absolute Gasteiger partial charge is 0.164 e. The summed E-state index contributed by atoms with van der Waals surface area (Å²) in [5.41, 5.74) is 13.9. The Morgan fingerprint density at radius 2 is 0.981 bits per heavy atom. The van der Waals surface area contributed by atoms with E-state index in [1.54, 1.807) is 0 Å². The van der Waals surface area contributed by atoms with Gasteiger partial charge in [-0.3, -0.25) is 0 Å². The molecule has 12 rings (SSSR count). The van der Waals surface area contributed by atoms with Gasteiger partial charge in [0.25, 0.3) is 0 Å². The molecule has 4 fully saturated rings. The summed E-state index contributed by atoms with van der Waals surface area (Å²) in [5, 5.41) is 9.75. The molecule has 258 valence electrons. The maximum absolute atomic E-state index is 9.75. The van der Waals surface area contributed by atoms with Crippen molar-refractivity contribution in [3.63, 3.8) is 0 Å². The lowest BCUT2D eigenvalue weighted by atomic mass is 9.42. The van der Waals surface area contributed by atoms with E-state index in [0.29, 0.717) is 29.0 Å². The summed E-state index contributed by atoms with van der Waals surface area (Å²) in [5.74, 6) is 4.99. The number of nitrogens with zero attached hydrogens (tertiary/aromatic N) is 4. The van der Waals surface area contributed by atoms with Gasteiger partial charge in [0.1, 0.15) is 0 Å². The summed E-state index contributed by atoms with van der Waals surface area (Å²) in [6.07, 6.45) is 6.57. The summed E-state index contributed by atoms with van der Waals surface area (Å²) < 4.78 is 0. The van der Waals surface area contributed by atoms with Gasteiger partial charge in [-0.25, -0.2) is 15.0 Å². The molecule has 5 aliphatic carbocycles. The normalized spacial score (nSPS) is 22.9. The first-order chi connectivity index (χ1) is 26.7. The van der Waals surface area contributed by atoms with Gasteiger partial charge in [0.15, 0.2) is 17.5 Å². The average molecular weight is 695 g/mol. The molecule has 0 radical (unpaired) electrons. The molecule has 4 heteroatoms. The van der Waals surface area contributed by atoms with E-state index in [2.05, 4.69) is 115 Å². The first-order valence-electron chi connectivity index (χ1n) is 19.4. The first-order valence-corrected chi connectivity index (χ1v) is 19.4. The highest BCUT2D eigenvalue weighted by molar-refractivity contribution is 5.90. The minimum absolute atomic E-state index is 0.0944. The van der Waals surface area contributed by atoms with Crippen LogP contribution in [0.1, 0.15) is 48.8 Å². The van der Waals surface area contributed by atoms with E-state index in [1.807, 2.05) is 36.4 Å². The second-order valence-corrected chi connectivity index (χ2v) is 15.9. The summed E-state index contributed by atoms with van der Waals surface area (Å²) >= 11 is 0. The fourth-order valence-electron chi connectivity index (χ4n) is 11.2. The topological polar surface area (TPSA) is 62.5 Å². The molecule has 0 aliphatic heterocycles. The standard InChI is InChI=1S/C50H38N4/c51-30-38-14-7-8-15-41(38)34-20-18-33(19-21-34)37-22-23-42-43-16-9-17-44(46(43)50(45(42)29-37)39-25-31-24-32(27-39)28-40(50)26-31)49-53-47(35-10-3-1-4-11-35)52-48(54-49)36-12-5-2-6-13-36/h1-23,29,31-32,39-40H,24-28H2. The highest BCUT2D eigenvalue weighted by Crippen LogP contribution is 2.70. The lowest BCUT2D eigenvalue weighted by molar-refractivity contribution is -0.0397. The Bertz CT molecular complexity index is 2530. The quantitative estimate of drug-likeness (QED) is 0.180. The van der Waals surface area contributed by atoms with E-state index < -0.39 is 0 Å². The molecule has 4 nitrogen and oxygen atoms in total.